The van der Waals surface area contributed by atoms with E-state index in [0.29, 0.717) is 13.1 Å². The van der Waals surface area contributed by atoms with Crippen molar-refractivity contribution in [1.29, 1.82) is 5.26 Å². The molecule has 2 aromatic rings. The zero-order valence-corrected chi connectivity index (χ0v) is 18.4. The van der Waals surface area contributed by atoms with Crippen LogP contribution in [0, 0.1) is 11.3 Å². The van der Waals surface area contributed by atoms with Gasteiger partial charge in [0.1, 0.15) is 11.6 Å². The first kappa shape index (κ1) is 23.1. The molecule has 1 aliphatic rings. The third-order valence-corrected chi connectivity index (χ3v) is 5.59. The SMILES string of the molecule is C=CCN(CC=C)C(=O)/C(C#N)=C\N1CCN(C(c2ccccc2)c2ccccc2)CC1. The minimum Gasteiger partial charge on any atom is -0.374 e. The highest BCUT2D eigenvalue weighted by Gasteiger charge is 2.26. The monoisotopic (exact) mass is 426 g/mol. The third kappa shape index (κ3) is 5.75. The van der Waals surface area contributed by atoms with E-state index < -0.39 is 0 Å². The normalized spacial score (nSPS) is 14.6. The highest BCUT2D eigenvalue weighted by molar-refractivity contribution is 5.97. The van der Waals surface area contributed by atoms with Crippen LogP contribution in [-0.4, -0.2) is 59.9 Å². The molecule has 0 aliphatic carbocycles. The Bertz CT molecular complexity index is 920. The standard InChI is InChI=1S/C27H30N4O/c1-3-15-31(16-4-2)27(32)25(21-28)22-29-17-19-30(20-18-29)26(23-11-7-5-8-12-23)24-13-9-6-10-14-24/h3-14,22,26H,1-2,15-20H2/b25-22-. The Labute approximate surface area is 191 Å². The van der Waals surface area contributed by atoms with Gasteiger partial charge < -0.3 is 9.80 Å². The molecule has 5 nitrogen and oxygen atoms in total. The molecule has 0 atom stereocenters. The number of hydrogen-bond donors (Lipinski definition) is 0. The predicted molar refractivity (Wildman–Crippen MR) is 129 cm³/mol. The lowest BCUT2D eigenvalue weighted by Gasteiger charge is -2.39. The first-order valence-corrected chi connectivity index (χ1v) is 10.9. The van der Waals surface area contributed by atoms with Gasteiger partial charge in [-0.05, 0) is 11.1 Å². The van der Waals surface area contributed by atoms with Crippen molar-refractivity contribution in [3.63, 3.8) is 0 Å². The number of piperazine rings is 1. The molecule has 0 radical (unpaired) electrons. The maximum Gasteiger partial charge on any atom is 0.266 e. The van der Waals surface area contributed by atoms with Crippen molar-refractivity contribution < 1.29 is 4.79 Å². The Kier molecular flexibility index (Phi) is 8.42. The molecular weight excluding hydrogens is 396 g/mol. The van der Waals surface area contributed by atoms with Crippen LogP contribution in [-0.2, 0) is 4.79 Å². The fourth-order valence-corrected chi connectivity index (χ4v) is 4.05. The zero-order valence-electron chi connectivity index (χ0n) is 18.4. The lowest BCUT2D eigenvalue weighted by Crippen LogP contribution is -2.46. The van der Waals surface area contributed by atoms with E-state index in [2.05, 4.69) is 77.6 Å². The Morgan fingerprint density at radius 3 is 1.88 bits per heavy atom. The van der Waals surface area contributed by atoms with Crippen molar-refractivity contribution in [1.82, 2.24) is 14.7 Å². The minimum absolute atomic E-state index is 0.143. The number of hydrogen-bond acceptors (Lipinski definition) is 4. The van der Waals surface area contributed by atoms with Crippen LogP contribution in [0.25, 0.3) is 0 Å². The summed E-state index contributed by atoms with van der Waals surface area (Å²) in [7, 11) is 0. The Morgan fingerprint density at radius 2 is 1.44 bits per heavy atom. The van der Waals surface area contributed by atoms with Gasteiger partial charge in [0.05, 0.1) is 6.04 Å². The van der Waals surface area contributed by atoms with E-state index in [1.165, 1.54) is 11.1 Å². The number of nitrogens with zero attached hydrogens (tertiary/aromatic N) is 4. The molecule has 2 aromatic carbocycles. The van der Waals surface area contributed by atoms with Gasteiger partial charge >= 0.3 is 0 Å². The molecule has 32 heavy (non-hydrogen) atoms. The van der Waals surface area contributed by atoms with Crippen molar-refractivity contribution in [2.24, 2.45) is 0 Å². The quantitative estimate of drug-likeness (QED) is 0.345. The zero-order chi connectivity index (χ0) is 22.8. The number of carbonyl (C=O) groups is 1. The second-order valence-electron chi connectivity index (χ2n) is 7.74. The summed E-state index contributed by atoms with van der Waals surface area (Å²) in [6.07, 6.45) is 5.02. The molecule has 1 aliphatic heterocycles. The molecule has 0 spiro atoms. The van der Waals surface area contributed by atoms with Crippen LogP contribution in [0.2, 0.25) is 0 Å². The maximum atomic E-state index is 12.8. The Morgan fingerprint density at radius 1 is 0.938 bits per heavy atom. The van der Waals surface area contributed by atoms with E-state index in [-0.39, 0.29) is 17.5 Å². The highest BCUT2D eigenvalue weighted by Crippen LogP contribution is 2.29. The van der Waals surface area contributed by atoms with Crippen LogP contribution in [0.4, 0.5) is 0 Å². The van der Waals surface area contributed by atoms with Crippen LogP contribution >= 0.6 is 0 Å². The minimum atomic E-state index is -0.291. The smallest absolute Gasteiger partial charge is 0.266 e. The van der Waals surface area contributed by atoms with Gasteiger partial charge in [-0.3, -0.25) is 9.69 Å². The molecule has 0 unspecified atom stereocenters. The summed E-state index contributed by atoms with van der Waals surface area (Å²) in [4.78, 5) is 18.9. The molecule has 1 heterocycles. The van der Waals surface area contributed by atoms with E-state index in [4.69, 9.17) is 0 Å². The molecule has 0 aromatic heterocycles. The summed E-state index contributed by atoms with van der Waals surface area (Å²) in [6, 6.07) is 23.3. The van der Waals surface area contributed by atoms with E-state index in [9.17, 15) is 10.1 Å². The van der Waals surface area contributed by atoms with Gasteiger partial charge in [0.25, 0.3) is 5.91 Å². The molecule has 5 heteroatoms. The van der Waals surface area contributed by atoms with Gasteiger partial charge in [0.2, 0.25) is 0 Å². The topological polar surface area (TPSA) is 50.6 Å². The second kappa shape index (κ2) is 11.7. The average Bonchev–Trinajstić information content (AvgIpc) is 2.84. The van der Waals surface area contributed by atoms with Crippen LogP contribution in [0.15, 0.2) is 97.7 Å². The number of nitriles is 1. The number of amides is 1. The molecule has 1 fully saturated rings. The molecule has 3 rings (SSSR count). The average molecular weight is 427 g/mol. The third-order valence-electron chi connectivity index (χ3n) is 5.59. The van der Waals surface area contributed by atoms with Gasteiger partial charge in [0, 0.05) is 45.5 Å². The van der Waals surface area contributed by atoms with Gasteiger partial charge in [-0.25, -0.2) is 0 Å². The molecule has 0 N–H and O–H groups in total. The summed E-state index contributed by atoms with van der Waals surface area (Å²) in [6.45, 7) is 11.3. The molecule has 1 amide bonds. The van der Waals surface area contributed by atoms with Crippen molar-refractivity contribution in [3.8, 4) is 6.07 Å². The molecule has 0 saturated carbocycles. The number of rotatable bonds is 9. The van der Waals surface area contributed by atoms with E-state index in [1.54, 1.807) is 23.3 Å². The number of carbonyl (C=O) groups excluding carboxylic acids is 1. The maximum absolute atomic E-state index is 12.8. The summed E-state index contributed by atoms with van der Waals surface area (Å²) >= 11 is 0. The fraction of sp³-hybridized carbons (Fsp3) is 0.259. The van der Waals surface area contributed by atoms with Crippen molar-refractivity contribution >= 4 is 5.91 Å². The van der Waals surface area contributed by atoms with E-state index >= 15 is 0 Å². The number of benzene rings is 2. The summed E-state index contributed by atoms with van der Waals surface area (Å²) in [5.74, 6) is -0.291. The van der Waals surface area contributed by atoms with Crippen molar-refractivity contribution in [2.75, 3.05) is 39.3 Å². The Balaban J connectivity index is 1.73. The first-order chi connectivity index (χ1) is 15.7. The summed E-state index contributed by atoms with van der Waals surface area (Å²) in [5.41, 5.74) is 2.67. The summed E-state index contributed by atoms with van der Waals surface area (Å²) in [5, 5.41) is 9.60. The van der Waals surface area contributed by atoms with Crippen LogP contribution in [0.5, 0.6) is 0 Å². The molecule has 164 valence electrons. The van der Waals surface area contributed by atoms with Crippen molar-refractivity contribution in [3.05, 3.63) is 109 Å². The second-order valence-corrected chi connectivity index (χ2v) is 7.74. The summed E-state index contributed by atoms with van der Waals surface area (Å²) < 4.78 is 0. The van der Waals surface area contributed by atoms with Crippen LogP contribution < -0.4 is 0 Å². The highest BCUT2D eigenvalue weighted by atomic mass is 16.2. The predicted octanol–water partition coefficient (Wildman–Crippen LogP) is 4.00. The molecule has 1 saturated heterocycles. The van der Waals surface area contributed by atoms with Gasteiger partial charge in [-0.15, -0.1) is 13.2 Å². The van der Waals surface area contributed by atoms with E-state index in [1.807, 2.05) is 12.1 Å². The van der Waals surface area contributed by atoms with E-state index in [0.717, 1.165) is 26.2 Å². The lowest BCUT2D eigenvalue weighted by molar-refractivity contribution is -0.125. The first-order valence-electron chi connectivity index (χ1n) is 10.9. The van der Waals surface area contributed by atoms with Crippen LogP contribution in [0.3, 0.4) is 0 Å². The molecule has 0 bridgehead atoms. The van der Waals surface area contributed by atoms with Gasteiger partial charge in [-0.2, -0.15) is 5.26 Å². The Hall–Kier alpha value is -3.62. The fourth-order valence-electron chi connectivity index (χ4n) is 4.05. The molecular formula is C27H30N4O. The lowest BCUT2D eigenvalue weighted by atomic mass is 9.96. The van der Waals surface area contributed by atoms with Gasteiger partial charge in [-0.1, -0.05) is 72.8 Å². The van der Waals surface area contributed by atoms with Crippen molar-refractivity contribution in [2.45, 2.75) is 6.04 Å². The van der Waals surface area contributed by atoms with Crippen LogP contribution in [0.1, 0.15) is 17.2 Å². The van der Waals surface area contributed by atoms with Gasteiger partial charge in [0.15, 0.2) is 0 Å². The largest absolute Gasteiger partial charge is 0.374 e.